The Hall–Kier alpha value is -3.83. The monoisotopic (exact) mass is 526 g/mol. The van der Waals surface area contributed by atoms with E-state index in [1.54, 1.807) is 18.2 Å². The molecule has 0 aromatic heterocycles. The maximum absolute atomic E-state index is 13.5. The lowest BCUT2D eigenvalue weighted by Gasteiger charge is -2.17. The second-order valence-electron chi connectivity index (χ2n) is 8.34. The van der Waals surface area contributed by atoms with E-state index < -0.39 is 5.97 Å². The Balaban J connectivity index is 1.57. The van der Waals surface area contributed by atoms with Gasteiger partial charge in [0.2, 0.25) is 0 Å². The summed E-state index contributed by atoms with van der Waals surface area (Å²) in [6, 6.07) is 27.3. The van der Waals surface area contributed by atoms with Crippen molar-refractivity contribution in [3.8, 4) is 22.6 Å². The molecule has 0 aliphatic rings. The molecule has 0 aliphatic carbocycles. The summed E-state index contributed by atoms with van der Waals surface area (Å²) < 4.78 is 11.9. The zero-order valence-corrected chi connectivity index (χ0v) is 20.9. The van der Waals surface area contributed by atoms with Crippen LogP contribution in [0.15, 0.2) is 89.4 Å². The molecular weight excluding hydrogens is 504 g/mol. The van der Waals surface area contributed by atoms with Crippen LogP contribution in [0, 0.1) is 6.92 Å². The van der Waals surface area contributed by atoms with Crippen LogP contribution in [0.25, 0.3) is 32.7 Å². The molecule has 0 spiro atoms. The number of halogens is 1. The minimum atomic E-state index is -0.463. The Labute approximate surface area is 211 Å². The lowest BCUT2D eigenvalue weighted by atomic mass is 9.94. The Bertz CT molecular complexity index is 1540. The molecule has 0 saturated carbocycles. The number of hydrogen-bond acceptors (Lipinski definition) is 4. The van der Waals surface area contributed by atoms with Crippen molar-refractivity contribution in [2.24, 2.45) is 0 Å². The van der Waals surface area contributed by atoms with Gasteiger partial charge in [0.25, 0.3) is 0 Å². The van der Waals surface area contributed by atoms with E-state index in [-0.39, 0.29) is 12.4 Å². The van der Waals surface area contributed by atoms with E-state index in [1.165, 1.54) is 7.11 Å². The van der Waals surface area contributed by atoms with Crippen molar-refractivity contribution in [2.75, 3.05) is 7.11 Å². The van der Waals surface area contributed by atoms with Crippen molar-refractivity contribution in [1.29, 1.82) is 0 Å². The molecule has 0 radical (unpaired) electrons. The maximum atomic E-state index is 13.5. The Morgan fingerprint density at radius 2 is 1.51 bits per heavy atom. The van der Waals surface area contributed by atoms with Crippen LogP contribution in [0.5, 0.6) is 11.5 Å². The molecular formula is C30H23BrO4. The number of rotatable bonds is 5. The van der Waals surface area contributed by atoms with E-state index in [9.17, 15) is 9.90 Å². The molecule has 5 heteroatoms. The second kappa shape index (κ2) is 9.43. The Morgan fingerprint density at radius 3 is 2.17 bits per heavy atom. The van der Waals surface area contributed by atoms with Crippen LogP contribution < -0.4 is 4.74 Å². The number of phenols is 1. The normalized spacial score (nSPS) is 11.1. The molecule has 0 atom stereocenters. The number of fused-ring (bicyclic) bond motifs is 2. The zero-order valence-electron chi connectivity index (χ0n) is 19.3. The number of carbonyl (C=O) groups excluding carboxylic acids is 1. The highest BCUT2D eigenvalue weighted by atomic mass is 79.9. The second-order valence-corrected chi connectivity index (χ2v) is 9.20. The molecule has 35 heavy (non-hydrogen) atoms. The molecule has 0 bridgehead atoms. The summed E-state index contributed by atoms with van der Waals surface area (Å²) in [6.07, 6.45) is 0. The van der Waals surface area contributed by atoms with Gasteiger partial charge in [-0.05, 0) is 58.3 Å². The first-order chi connectivity index (χ1) is 17.0. The van der Waals surface area contributed by atoms with Crippen LogP contribution in [-0.4, -0.2) is 18.2 Å². The van der Waals surface area contributed by atoms with Crippen molar-refractivity contribution < 1.29 is 19.4 Å². The van der Waals surface area contributed by atoms with Gasteiger partial charge in [-0.15, -0.1) is 0 Å². The van der Waals surface area contributed by atoms with Gasteiger partial charge in [-0.1, -0.05) is 76.6 Å². The number of esters is 1. The van der Waals surface area contributed by atoms with Gasteiger partial charge in [-0.2, -0.15) is 0 Å². The third kappa shape index (κ3) is 4.13. The first-order valence-corrected chi connectivity index (χ1v) is 12.0. The third-order valence-corrected chi connectivity index (χ3v) is 6.94. The van der Waals surface area contributed by atoms with Crippen molar-refractivity contribution >= 4 is 43.4 Å². The van der Waals surface area contributed by atoms with Crippen molar-refractivity contribution in [1.82, 2.24) is 0 Å². The lowest BCUT2D eigenvalue weighted by Crippen LogP contribution is -2.09. The number of phenolic OH excluding ortho intramolecular Hbond substituents is 1. The molecule has 0 heterocycles. The summed E-state index contributed by atoms with van der Waals surface area (Å²) in [5.41, 5.74) is 3.26. The minimum absolute atomic E-state index is 0.0368. The lowest BCUT2D eigenvalue weighted by molar-refractivity contribution is 0.0477. The van der Waals surface area contributed by atoms with Gasteiger partial charge in [0.1, 0.15) is 6.61 Å². The van der Waals surface area contributed by atoms with Gasteiger partial charge in [0, 0.05) is 21.2 Å². The number of aromatic hydroxyl groups is 1. The van der Waals surface area contributed by atoms with Crippen LogP contribution in [-0.2, 0) is 11.3 Å². The Kier molecular flexibility index (Phi) is 6.18. The van der Waals surface area contributed by atoms with E-state index in [1.807, 2.05) is 43.3 Å². The molecule has 1 N–H and O–H groups in total. The molecule has 5 aromatic carbocycles. The number of ether oxygens (including phenoxy) is 2. The number of methoxy groups -OCH3 is 1. The SMILES string of the molecule is COc1ccc(Br)c(-c2c(C)cccc2C(=O)OCc2c3ccccc3cc3ccccc23)c1O. The zero-order chi connectivity index (χ0) is 24.5. The molecule has 0 unspecified atom stereocenters. The predicted octanol–water partition coefficient (Wildman–Crippen LogP) is 7.80. The summed E-state index contributed by atoms with van der Waals surface area (Å²) in [6.45, 7) is 2.02. The van der Waals surface area contributed by atoms with Crippen molar-refractivity contribution in [3.63, 3.8) is 0 Å². The van der Waals surface area contributed by atoms with E-state index >= 15 is 0 Å². The molecule has 174 valence electrons. The summed E-state index contributed by atoms with van der Waals surface area (Å²) >= 11 is 3.53. The van der Waals surface area contributed by atoms with E-state index in [0.29, 0.717) is 26.9 Å². The molecule has 0 amide bonds. The number of aryl methyl sites for hydroxylation is 1. The summed E-state index contributed by atoms with van der Waals surface area (Å²) in [4.78, 5) is 13.5. The highest BCUT2D eigenvalue weighted by Crippen LogP contribution is 2.45. The third-order valence-electron chi connectivity index (χ3n) is 6.28. The fourth-order valence-electron chi connectivity index (χ4n) is 4.60. The molecule has 4 nitrogen and oxygen atoms in total. The Morgan fingerprint density at radius 1 is 0.857 bits per heavy atom. The molecule has 5 rings (SSSR count). The highest BCUT2D eigenvalue weighted by Gasteiger charge is 2.23. The van der Waals surface area contributed by atoms with Crippen LogP contribution in [0.4, 0.5) is 0 Å². The van der Waals surface area contributed by atoms with Crippen molar-refractivity contribution in [2.45, 2.75) is 13.5 Å². The molecule has 5 aromatic rings. The number of hydrogen-bond donors (Lipinski definition) is 1. The van der Waals surface area contributed by atoms with E-state index in [2.05, 4.69) is 46.3 Å². The topological polar surface area (TPSA) is 55.8 Å². The van der Waals surface area contributed by atoms with Gasteiger partial charge in [0.15, 0.2) is 11.5 Å². The summed E-state index contributed by atoms with van der Waals surface area (Å²) in [5.74, 6) is -0.173. The highest BCUT2D eigenvalue weighted by molar-refractivity contribution is 9.10. The first-order valence-electron chi connectivity index (χ1n) is 11.2. The van der Waals surface area contributed by atoms with Crippen LogP contribution in [0.1, 0.15) is 21.5 Å². The summed E-state index contributed by atoms with van der Waals surface area (Å²) in [7, 11) is 1.49. The van der Waals surface area contributed by atoms with Gasteiger partial charge in [-0.3, -0.25) is 0 Å². The van der Waals surface area contributed by atoms with Gasteiger partial charge in [-0.25, -0.2) is 4.79 Å². The van der Waals surface area contributed by atoms with E-state index in [4.69, 9.17) is 9.47 Å². The van der Waals surface area contributed by atoms with Gasteiger partial charge >= 0.3 is 5.97 Å². The van der Waals surface area contributed by atoms with Crippen molar-refractivity contribution in [3.05, 3.63) is 106 Å². The summed E-state index contributed by atoms with van der Waals surface area (Å²) in [5, 5.41) is 15.2. The van der Waals surface area contributed by atoms with Crippen LogP contribution >= 0.6 is 15.9 Å². The first kappa shape index (κ1) is 22.9. The maximum Gasteiger partial charge on any atom is 0.339 e. The molecule has 0 saturated heterocycles. The average Bonchev–Trinajstić information content (AvgIpc) is 2.87. The smallest absolute Gasteiger partial charge is 0.339 e. The standard InChI is InChI=1S/C30H23BrO4/c1-18-8-7-13-23(27(18)28-25(31)14-15-26(34-2)29(28)32)30(33)35-17-24-21-11-5-3-9-19(21)16-20-10-4-6-12-22(20)24/h3-16,32H,17H2,1-2H3. The largest absolute Gasteiger partial charge is 0.504 e. The number of benzene rings is 5. The minimum Gasteiger partial charge on any atom is -0.504 e. The van der Waals surface area contributed by atoms with Crippen LogP contribution in [0.3, 0.4) is 0 Å². The predicted molar refractivity (Wildman–Crippen MR) is 143 cm³/mol. The quantitative estimate of drug-likeness (QED) is 0.187. The average molecular weight is 527 g/mol. The van der Waals surface area contributed by atoms with Gasteiger partial charge in [0.05, 0.1) is 12.7 Å². The number of carbonyl (C=O) groups is 1. The molecule has 0 aliphatic heterocycles. The van der Waals surface area contributed by atoms with Crippen LogP contribution in [0.2, 0.25) is 0 Å². The fourth-order valence-corrected chi connectivity index (χ4v) is 5.12. The molecule has 0 fully saturated rings. The van der Waals surface area contributed by atoms with E-state index in [0.717, 1.165) is 32.7 Å². The van der Waals surface area contributed by atoms with Gasteiger partial charge < -0.3 is 14.6 Å². The fraction of sp³-hybridized carbons (Fsp3) is 0.100.